The lowest BCUT2D eigenvalue weighted by Crippen LogP contribution is -2.22. The van der Waals surface area contributed by atoms with Gasteiger partial charge in [0.05, 0.1) is 0 Å². The van der Waals surface area contributed by atoms with Gasteiger partial charge in [0.1, 0.15) is 5.75 Å². The number of phenols is 1. The van der Waals surface area contributed by atoms with Crippen molar-refractivity contribution in [2.45, 2.75) is 13.8 Å². The van der Waals surface area contributed by atoms with Crippen LogP contribution < -0.4 is 4.90 Å². The number of rotatable bonds is 3. The number of benzene rings is 1. The second-order valence-electron chi connectivity index (χ2n) is 3.79. The van der Waals surface area contributed by atoms with E-state index in [1.54, 1.807) is 12.1 Å². The Labute approximate surface area is 92.0 Å². The number of anilines is 1. The quantitative estimate of drug-likeness (QED) is 0.838. The van der Waals surface area contributed by atoms with Gasteiger partial charge in [0.25, 0.3) is 0 Å². The van der Waals surface area contributed by atoms with Crippen LogP contribution in [0, 0.1) is 5.92 Å². The van der Waals surface area contributed by atoms with Gasteiger partial charge in [0.15, 0.2) is 0 Å². The second-order valence-corrected chi connectivity index (χ2v) is 3.79. The molecule has 14 heavy (non-hydrogen) atoms. The molecule has 1 rings (SSSR count). The first kappa shape index (κ1) is 13.1. The van der Waals surface area contributed by atoms with E-state index in [1.807, 2.05) is 12.1 Å². The highest BCUT2D eigenvalue weighted by atomic mass is 35.5. The molecule has 80 valence electrons. The van der Waals surface area contributed by atoms with E-state index in [-0.39, 0.29) is 12.4 Å². The molecule has 0 aliphatic rings. The first-order valence-electron chi connectivity index (χ1n) is 4.59. The molecule has 0 radical (unpaired) electrons. The van der Waals surface area contributed by atoms with Crippen LogP contribution in [0.3, 0.4) is 0 Å². The van der Waals surface area contributed by atoms with Gasteiger partial charge in [-0.25, -0.2) is 0 Å². The highest BCUT2D eigenvalue weighted by Crippen LogP contribution is 2.17. The smallest absolute Gasteiger partial charge is 0.115 e. The summed E-state index contributed by atoms with van der Waals surface area (Å²) in [6, 6.07) is 7.29. The SMILES string of the molecule is CC(C)CN(C)c1ccc(O)cc1.Cl. The van der Waals surface area contributed by atoms with Gasteiger partial charge in [-0.3, -0.25) is 0 Å². The van der Waals surface area contributed by atoms with Gasteiger partial charge < -0.3 is 10.0 Å². The lowest BCUT2D eigenvalue weighted by Gasteiger charge is -2.21. The molecule has 0 heterocycles. The molecular formula is C11H18ClNO. The maximum absolute atomic E-state index is 9.10. The van der Waals surface area contributed by atoms with E-state index in [0.717, 1.165) is 12.2 Å². The number of hydrogen-bond acceptors (Lipinski definition) is 2. The largest absolute Gasteiger partial charge is 0.508 e. The van der Waals surface area contributed by atoms with Gasteiger partial charge >= 0.3 is 0 Å². The topological polar surface area (TPSA) is 23.5 Å². The Morgan fingerprint density at radius 3 is 2.14 bits per heavy atom. The van der Waals surface area contributed by atoms with Gasteiger partial charge in [-0.15, -0.1) is 12.4 Å². The molecule has 2 nitrogen and oxygen atoms in total. The Balaban J connectivity index is 0.00000169. The third kappa shape index (κ3) is 3.88. The van der Waals surface area contributed by atoms with Crippen LogP contribution in [-0.2, 0) is 0 Å². The van der Waals surface area contributed by atoms with Crippen molar-refractivity contribution in [3.63, 3.8) is 0 Å². The Kier molecular flexibility index (Phi) is 5.39. The third-order valence-electron chi connectivity index (χ3n) is 1.93. The minimum atomic E-state index is 0. The zero-order valence-corrected chi connectivity index (χ0v) is 9.71. The summed E-state index contributed by atoms with van der Waals surface area (Å²) in [7, 11) is 2.06. The Bertz CT molecular complexity index is 258. The fraction of sp³-hybridized carbons (Fsp3) is 0.455. The summed E-state index contributed by atoms with van der Waals surface area (Å²) in [6.07, 6.45) is 0. The average molecular weight is 216 g/mol. The molecule has 1 aromatic carbocycles. The zero-order valence-electron chi connectivity index (χ0n) is 8.90. The summed E-state index contributed by atoms with van der Waals surface area (Å²) >= 11 is 0. The molecule has 0 spiro atoms. The fourth-order valence-corrected chi connectivity index (χ4v) is 1.36. The maximum Gasteiger partial charge on any atom is 0.115 e. The molecule has 0 aliphatic heterocycles. The highest BCUT2D eigenvalue weighted by molar-refractivity contribution is 5.85. The van der Waals surface area contributed by atoms with Gasteiger partial charge in [-0.05, 0) is 30.2 Å². The van der Waals surface area contributed by atoms with Gasteiger partial charge in [0, 0.05) is 19.3 Å². The standard InChI is InChI=1S/C11H17NO.ClH/c1-9(2)8-12(3)10-4-6-11(13)7-5-10;/h4-7,9,13H,8H2,1-3H3;1H. The van der Waals surface area contributed by atoms with E-state index < -0.39 is 0 Å². The molecule has 0 aromatic heterocycles. The van der Waals surface area contributed by atoms with Crippen molar-refractivity contribution in [2.24, 2.45) is 5.92 Å². The maximum atomic E-state index is 9.10. The van der Waals surface area contributed by atoms with Crippen LogP contribution in [0.5, 0.6) is 5.75 Å². The number of aromatic hydroxyl groups is 1. The summed E-state index contributed by atoms with van der Waals surface area (Å²) < 4.78 is 0. The molecule has 0 fully saturated rings. The minimum absolute atomic E-state index is 0. The molecule has 0 bridgehead atoms. The summed E-state index contributed by atoms with van der Waals surface area (Å²) in [4.78, 5) is 2.18. The van der Waals surface area contributed by atoms with Crippen molar-refractivity contribution < 1.29 is 5.11 Å². The Morgan fingerprint density at radius 1 is 1.21 bits per heavy atom. The van der Waals surface area contributed by atoms with Crippen molar-refractivity contribution in [3.8, 4) is 5.75 Å². The second kappa shape index (κ2) is 5.76. The van der Waals surface area contributed by atoms with E-state index in [2.05, 4.69) is 25.8 Å². The Hall–Kier alpha value is -0.890. The predicted octanol–water partition coefficient (Wildman–Crippen LogP) is 2.91. The van der Waals surface area contributed by atoms with Crippen LogP contribution >= 0.6 is 12.4 Å². The minimum Gasteiger partial charge on any atom is -0.508 e. The molecule has 0 unspecified atom stereocenters. The Morgan fingerprint density at radius 2 is 1.71 bits per heavy atom. The van der Waals surface area contributed by atoms with Crippen LogP contribution in [0.15, 0.2) is 24.3 Å². The lowest BCUT2D eigenvalue weighted by atomic mass is 10.2. The van der Waals surface area contributed by atoms with E-state index in [1.165, 1.54) is 0 Å². The van der Waals surface area contributed by atoms with Crippen LogP contribution in [0.1, 0.15) is 13.8 Å². The number of hydrogen-bond donors (Lipinski definition) is 1. The molecule has 0 saturated heterocycles. The lowest BCUT2D eigenvalue weighted by molar-refractivity contribution is 0.475. The molecule has 3 heteroatoms. The molecule has 0 saturated carbocycles. The zero-order chi connectivity index (χ0) is 9.84. The van der Waals surface area contributed by atoms with Gasteiger partial charge in [-0.1, -0.05) is 13.8 Å². The molecule has 1 N–H and O–H groups in total. The molecule has 0 aliphatic carbocycles. The fourth-order valence-electron chi connectivity index (χ4n) is 1.36. The summed E-state index contributed by atoms with van der Waals surface area (Å²) in [5.41, 5.74) is 1.14. The normalized spacial score (nSPS) is 9.71. The first-order chi connectivity index (χ1) is 6.09. The third-order valence-corrected chi connectivity index (χ3v) is 1.93. The average Bonchev–Trinajstić information content (AvgIpc) is 2.04. The van der Waals surface area contributed by atoms with Crippen LogP contribution in [0.25, 0.3) is 0 Å². The van der Waals surface area contributed by atoms with Crippen molar-refractivity contribution in [2.75, 3.05) is 18.5 Å². The number of nitrogens with zero attached hydrogens (tertiary/aromatic N) is 1. The van der Waals surface area contributed by atoms with Gasteiger partial charge in [-0.2, -0.15) is 0 Å². The monoisotopic (exact) mass is 215 g/mol. The van der Waals surface area contributed by atoms with Crippen molar-refractivity contribution in [1.29, 1.82) is 0 Å². The first-order valence-corrected chi connectivity index (χ1v) is 4.59. The highest BCUT2D eigenvalue weighted by Gasteiger charge is 2.02. The van der Waals surface area contributed by atoms with E-state index in [4.69, 9.17) is 5.11 Å². The summed E-state index contributed by atoms with van der Waals surface area (Å²) in [5.74, 6) is 0.973. The molecular weight excluding hydrogens is 198 g/mol. The predicted molar refractivity (Wildman–Crippen MR) is 63.5 cm³/mol. The molecule has 0 amide bonds. The number of phenolic OH excluding ortho intramolecular Hbond substituents is 1. The van der Waals surface area contributed by atoms with Crippen molar-refractivity contribution in [1.82, 2.24) is 0 Å². The van der Waals surface area contributed by atoms with E-state index in [9.17, 15) is 0 Å². The van der Waals surface area contributed by atoms with Crippen molar-refractivity contribution in [3.05, 3.63) is 24.3 Å². The van der Waals surface area contributed by atoms with Crippen LogP contribution in [0.4, 0.5) is 5.69 Å². The van der Waals surface area contributed by atoms with Gasteiger partial charge in [0.2, 0.25) is 0 Å². The van der Waals surface area contributed by atoms with E-state index >= 15 is 0 Å². The molecule has 0 atom stereocenters. The van der Waals surface area contributed by atoms with Crippen molar-refractivity contribution >= 4 is 18.1 Å². The summed E-state index contributed by atoms with van der Waals surface area (Å²) in [6.45, 7) is 5.42. The van der Waals surface area contributed by atoms with Crippen LogP contribution in [-0.4, -0.2) is 18.7 Å². The number of halogens is 1. The molecule has 1 aromatic rings. The van der Waals surface area contributed by atoms with Crippen LogP contribution in [0.2, 0.25) is 0 Å². The summed E-state index contributed by atoms with van der Waals surface area (Å²) in [5, 5.41) is 9.10. The van der Waals surface area contributed by atoms with E-state index in [0.29, 0.717) is 11.7 Å².